The summed E-state index contributed by atoms with van der Waals surface area (Å²) < 4.78 is 0. The third-order valence-corrected chi connectivity index (χ3v) is 4.80. The van der Waals surface area contributed by atoms with Gasteiger partial charge in [0.15, 0.2) is 0 Å². The second-order valence-electron chi connectivity index (χ2n) is 5.76. The summed E-state index contributed by atoms with van der Waals surface area (Å²) in [5.74, 6) is 0.0312. The van der Waals surface area contributed by atoms with Gasteiger partial charge in [0, 0.05) is 57.3 Å². The van der Waals surface area contributed by atoms with Gasteiger partial charge in [0.25, 0.3) is 5.91 Å². The molecule has 4 rings (SSSR count). The van der Waals surface area contributed by atoms with Crippen LogP contribution in [0.1, 0.15) is 21.6 Å². The molecule has 2 aromatic carbocycles. The maximum Gasteiger partial charge on any atom is 0.254 e. The number of amides is 1. The molecule has 116 valence electrons. The van der Waals surface area contributed by atoms with Crippen LogP contribution in [0.15, 0.2) is 42.5 Å². The van der Waals surface area contributed by atoms with E-state index in [1.54, 1.807) is 24.3 Å². The van der Waals surface area contributed by atoms with Gasteiger partial charge in [-0.1, -0.05) is 23.2 Å². The lowest BCUT2D eigenvalue weighted by atomic mass is 10.0. The number of aromatic amines is 1. The summed E-state index contributed by atoms with van der Waals surface area (Å²) in [5.41, 5.74) is 4.09. The SMILES string of the molecule is O=C(c1ccc(Cl)cc1)N1CCc2[nH]c3ccc(Cl)cc3c2C1. The van der Waals surface area contributed by atoms with Gasteiger partial charge in [-0.3, -0.25) is 4.79 Å². The second kappa shape index (κ2) is 5.59. The number of aromatic nitrogens is 1. The van der Waals surface area contributed by atoms with E-state index in [2.05, 4.69) is 4.98 Å². The van der Waals surface area contributed by atoms with Gasteiger partial charge in [0.2, 0.25) is 0 Å². The Morgan fingerprint density at radius 2 is 1.78 bits per heavy atom. The fourth-order valence-electron chi connectivity index (χ4n) is 3.13. The van der Waals surface area contributed by atoms with Gasteiger partial charge in [-0.2, -0.15) is 0 Å². The summed E-state index contributed by atoms with van der Waals surface area (Å²) in [5, 5.41) is 2.44. The van der Waals surface area contributed by atoms with Gasteiger partial charge in [-0.15, -0.1) is 0 Å². The Kier molecular flexibility index (Phi) is 3.55. The van der Waals surface area contributed by atoms with Crippen LogP contribution in [0.3, 0.4) is 0 Å². The molecule has 0 saturated carbocycles. The van der Waals surface area contributed by atoms with Gasteiger partial charge in [-0.05, 0) is 42.5 Å². The summed E-state index contributed by atoms with van der Waals surface area (Å²) in [6.45, 7) is 1.30. The van der Waals surface area contributed by atoms with E-state index in [4.69, 9.17) is 23.2 Å². The van der Waals surface area contributed by atoms with Crippen LogP contribution in [0.2, 0.25) is 10.0 Å². The van der Waals surface area contributed by atoms with Crippen molar-refractivity contribution in [2.75, 3.05) is 6.54 Å². The van der Waals surface area contributed by atoms with Crippen molar-refractivity contribution in [3.63, 3.8) is 0 Å². The van der Waals surface area contributed by atoms with Gasteiger partial charge < -0.3 is 9.88 Å². The average molecular weight is 345 g/mol. The molecule has 3 aromatic rings. The van der Waals surface area contributed by atoms with E-state index in [-0.39, 0.29) is 5.91 Å². The van der Waals surface area contributed by atoms with Crippen LogP contribution in [0, 0.1) is 0 Å². The summed E-state index contributed by atoms with van der Waals surface area (Å²) in [4.78, 5) is 18.0. The minimum Gasteiger partial charge on any atom is -0.358 e. The highest BCUT2D eigenvalue weighted by Gasteiger charge is 2.24. The molecule has 1 aromatic heterocycles. The smallest absolute Gasteiger partial charge is 0.254 e. The number of hydrogen-bond donors (Lipinski definition) is 1. The van der Waals surface area contributed by atoms with Crippen molar-refractivity contribution in [1.29, 1.82) is 0 Å². The predicted octanol–water partition coefficient (Wildman–Crippen LogP) is 4.67. The van der Waals surface area contributed by atoms with Crippen molar-refractivity contribution in [2.24, 2.45) is 0 Å². The number of carbonyl (C=O) groups is 1. The zero-order chi connectivity index (χ0) is 16.0. The Bertz CT molecular complexity index is 899. The molecule has 5 heteroatoms. The molecule has 2 heterocycles. The largest absolute Gasteiger partial charge is 0.358 e. The number of rotatable bonds is 1. The Balaban J connectivity index is 1.67. The van der Waals surface area contributed by atoms with Gasteiger partial charge in [0.05, 0.1) is 0 Å². The van der Waals surface area contributed by atoms with Crippen molar-refractivity contribution in [3.8, 4) is 0 Å². The van der Waals surface area contributed by atoms with E-state index < -0.39 is 0 Å². The van der Waals surface area contributed by atoms with Crippen LogP contribution in [0.25, 0.3) is 10.9 Å². The van der Waals surface area contributed by atoms with Crippen molar-refractivity contribution < 1.29 is 4.79 Å². The Hall–Kier alpha value is -1.97. The molecule has 0 bridgehead atoms. The van der Waals surface area contributed by atoms with E-state index >= 15 is 0 Å². The molecule has 0 radical (unpaired) electrons. The van der Waals surface area contributed by atoms with Gasteiger partial charge in [-0.25, -0.2) is 0 Å². The molecular formula is C18H14Cl2N2O. The average Bonchev–Trinajstić information content (AvgIpc) is 2.92. The van der Waals surface area contributed by atoms with Crippen molar-refractivity contribution in [3.05, 3.63) is 69.3 Å². The van der Waals surface area contributed by atoms with Crippen molar-refractivity contribution >= 4 is 40.0 Å². The lowest BCUT2D eigenvalue weighted by molar-refractivity contribution is 0.0735. The highest BCUT2D eigenvalue weighted by Crippen LogP contribution is 2.30. The number of H-pyrrole nitrogens is 1. The highest BCUT2D eigenvalue weighted by atomic mass is 35.5. The second-order valence-corrected chi connectivity index (χ2v) is 6.63. The summed E-state index contributed by atoms with van der Waals surface area (Å²) in [7, 11) is 0. The maximum absolute atomic E-state index is 12.7. The molecule has 1 aliphatic heterocycles. The normalized spacial score (nSPS) is 14.1. The topological polar surface area (TPSA) is 36.1 Å². The first kappa shape index (κ1) is 14.6. The summed E-state index contributed by atoms with van der Waals surface area (Å²) in [6, 6.07) is 12.9. The number of nitrogens with zero attached hydrogens (tertiary/aromatic N) is 1. The van der Waals surface area contributed by atoms with E-state index in [9.17, 15) is 4.79 Å². The number of benzene rings is 2. The van der Waals surface area contributed by atoms with Crippen LogP contribution in [-0.2, 0) is 13.0 Å². The molecule has 1 N–H and O–H groups in total. The molecule has 1 aliphatic rings. The number of halogens is 2. The molecule has 1 amide bonds. The number of nitrogens with one attached hydrogen (secondary N) is 1. The molecule has 0 spiro atoms. The minimum absolute atomic E-state index is 0.0312. The van der Waals surface area contributed by atoms with Crippen LogP contribution in [0.4, 0.5) is 0 Å². The highest BCUT2D eigenvalue weighted by molar-refractivity contribution is 6.31. The summed E-state index contributed by atoms with van der Waals surface area (Å²) >= 11 is 12.0. The zero-order valence-electron chi connectivity index (χ0n) is 12.3. The molecule has 0 saturated heterocycles. The molecule has 0 aliphatic carbocycles. The van der Waals surface area contributed by atoms with Crippen LogP contribution >= 0.6 is 23.2 Å². The predicted molar refractivity (Wildman–Crippen MR) is 93.2 cm³/mol. The fourth-order valence-corrected chi connectivity index (χ4v) is 3.43. The molecule has 0 atom stereocenters. The van der Waals surface area contributed by atoms with Crippen molar-refractivity contribution in [1.82, 2.24) is 9.88 Å². The quantitative estimate of drug-likeness (QED) is 0.683. The Morgan fingerprint density at radius 1 is 1.04 bits per heavy atom. The van der Waals surface area contributed by atoms with E-state index in [1.807, 2.05) is 23.1 Å². The Morgan fingerprint density at radius 3 is 2.57 bits per heavy atom. The number of carbonyl (C=O) groups excluding carboxylic acids is 1. The van der Waals surface area contributed by atoms with Crippen LogP contribution in [0.5, 0.6) is 0 Å². The zero-order valence-corrected chi connectivity index (χ0v) is 13.8. The first-order chi connectivity index (χ1) is 11.1. The van der Waals surface area contributed by atoms with E-state index in [1.165, 1.54) is 5.69 Å². The van der Waals surface area contributed by atoms with Crippen LogP contribution < -0.4 is 0 Å². The maximum atomic E-state index is 12.7. The third kappa shape index (κ3) is 2.60. The van der Waals surface area contributed by atoms with E-state index in [0.29, 0.717) is 28.7 Å². The van der Waals surface area contributed by atoms with Gasteiger partial charge >= 0.3 is 0 Å². The lowest BCUT2D eigenvalue weighted by Gasteiger charge is -2.27. The molecule has 0 fully saturated rings. The molecule has 3 nitrogen and oxygen atoms in total. The Labute approximate surface area is 143 Å². The molecular weight excluding hydrogens is 331 g/mol. The monoisotopic (exact) mass is 344 g/mol. The molecule has 23 heavy (non-hydrogen) atoms. The van der Waals surface area contributed by atoms with Crippen LogP contribution in [-0.4, -0.2) is 22.3 Å². The number of hydrogen-bond acceptors (Lipinski definition) is 1. The van der Waals surface area contributed by atoms with Crippen molar-refractivity contribution in [2.45, 2.75) is 13.0 Å². The first-order valence-electron chi connectivity index (χ1n) is 7.45. The first-order valence-corrected chi connectivity index (χ1v) is 8.21. The number of fused-ring (bicyclic) bond motifs is 3. The fraction of sp³-hybridized carbons (Fsp3) is 0.167. The third-order valence-electron chi connectivity index (χ3n) is 4.32. The lowest BCUT2D eigenvalue weighted by Crippen LogP contribution is -2.35. The minimum atomic E-state index is 0.0312. The molecule has 0 unspecified atom stereocenters. The standard InChI is InChI=1S/C18H14Cl2N2O/c19-12-3-1-11(2-4-12)18(23)22-8-7-17-15(10-22)14-9-13(20)5-6-16(14)21-17/h1-6,9,21H,7-8,10H2. The van der Waals surface area contributed by atoms with Gasteiger partial charge in [0.1, 0.15) is 0 Å². The van der Waals surface area contributed by atoms with E-state index in [0.717, 1.165) is 22.9 Å². The summed E-state index contributed by atoms with van der Waals surface area (Å²) in [6.07, 6.45) is 0.820.